The van der Waals surface area contributed by atoms with Gasteiger partial charge in [0.25, 0.3) is 5.91 Å². The molecule has 0 bridgehead atoms. The van der Waals surface area contributed by atoms with Crippen molar-refractivity contribution in [3.05, 3.63) is 71.3 Å². The van der Waals surface area contributed by atoms with Crippen molar-refractivity contribution in [2.75, 3.05) is 5.32 Å². The number of anilines is 1. The number of hydrogen-bond acceptors (Lipinski definition) is 3. The van der Waals surface area contributed by atoms with Crippen molar-refractivity contribution in [2.24, 2.45) is 0 Å². The fourth-order valence-corrected chi connectivity index (χ4v) is 2.62. The number of ether oxygens (including phenoxy) is 1. The summed E-state index contributed by atoms with van der Waals surface area (Å²) >= 11 is 0. The van der Waals surface area contributed by atoms with Crippen LogP contribution in [-0.4, -0.2) is 18.0 Å². The number of carbonyl (C=O) groups excluding carboxylic acids is 2. The molecule has 2 aromatic carbocycles. The first-order valence-electron chi connectivity index (χ1n) is 8.90. The number of nitrogens with one attached hydrogen (secondary N) is 1. The first kappa shape index (κ1) is 19.4. The van der Waals surface area contributed by atoms with E-state index in [4.69, 9.17) is 4.74 Å². The number of carbonyl (C=O) groups is 2. The first-order chi connectivity index (χ1) is 12.5. The Kier molecular flexibility index (Phi) is 7.15. The average molecular weight is 351 g/mol. The zero-order chi connectivity index (χ0) is 18.9. The SMILES string of the molecule is CCc1cccc(CC)c1NC(=O)[C@@H](C)OC(=O)/C=C/c1ccccc1. The third-order valence-corrected chi connectivity index (χ3v) is 4.12. The van der Waals surface area contributed by atoms with Gasteiger partial charge in [-0.05, 0) is 42.5 Å². The largest absolute Gasteiger partial charge is 0.449 e. The van der Waals surface area contributed by atoms with Crippen LogP contribution in [0.3, 0.4) is 0 Å². The van der Waals surface area contributed by atoms with Crippen LogP contribution in [0, 0.1) is 0 Å². The first-order valence-corrected chi connectivity index (χ1v) is 8.90. The lowest BCUT2D eigenvalue weighted by atomic mass is 10.0. The molecule has 1 amide bonds. The predicted molar refractivity (Wildman–Crippen MR) is 105 cm³/mol. The van der Waals surface area contributed by atoms with E-state index in [0.29, 0.717) is 0 Å². The molecule has 1 N–H and O–H groups in total. The summed E-state index contributed by atoms with van der Waals surface area (Å²) in [7, 11) is 0. The van der Waals surface area contributed by atoms with Crippen LogP contribution in [0.4, 0.5) is 5.69 Å². The van der Waals surface area contributed by atoms with Crippen LogP contribution in [0.1, 0.15) is 37.5 Å². The average Bonchev–Trinajstić information content (AvgIpc) is 2.67. The van der Waals surface area contributed by atoms with Crippen LogP contribution in [-0.2, 0) is 27.2 Å². The van der Waals surface area contributed by atoms with E-state index < -0.39 is 12.1 Å². The van der Waals surface area contributed by atoms with Crippen molar-refractivity contribution in [3.8, 4) is 0 Å². The number of aryl methyl sites for hydroxylation is 2. The minimum absolute atomic E-state index is 0.331. The van der Waals surface area contributed by atoms with Crippen molar-refractivity contribution >= 4 is 23.6 Å². The second kappa shape index (κ2) is 9.56. The van der Waals surface area contributed by atoms with Crippen molar-refractivity contribution in [1.29, 1.82) is 0 Å². The molecule has 2 aromatic rings. The van der Waals surface area contributed by atoms with Gasteiger partial charge in [-0.3, -0.25) is 4.79 Å². The summed E-state index contributed by atoms with van der Waals surface area (Å²) in [6.07, 6.45) is 3.75. The monoisotopic (exact) mass is 351 g/mol. The zero-order valence-electron chi connectivity index (χ0n) is 15.5. The lowest BCUT2D eigenvalue weighted by Gasteiger charge is -2.17. The summed E-state index contributed by atoms with van der Waals surface area (Å²) in [6, 6.07) is 15.4. The number of hydrogen-bond donors (Lipinski definition) is 1. The minimum atomic E-state index is -0.877. The van der Waals surface area contributed by atoms with Crippen LogP contribution in [0.15, 0.2) is 54.6 Å². The van der Waals surface area contributed by atoms with Crippen LogP contribution < -0.4 is 5.32 Å². The maximum absolute atomic E-state index is 12.4. The Balaban J connectivity index is 2.00. The molecule has 0 unspecified atom stereocenters. The van der Waals surface area contributed by atoms with Gasteiger partial charge in [0.1, 0.15) is 0 Å². The third-order valence-electron chi connectivity index (χ3n) is 4.12. The highest BCUT2D eigenvalue weighted by atomic mass is 16.5. The minimum Gasteiger partial charge on any atom is -0.449 e. The van der Waals surface area contributed by atoms with E-state index in [-0.39, 0.29) is 5.91 Å². The summed E-state index contributed by atoms with van der Waals surface area (Å²) in [5.41, 5.74) is 3.86. The molecule has 0 spiro atoms. The van der Waals surface area contributed by atoms with Gasteiger partial charge in [0.2, 0.25) is 0 Å². The molecule has 0 radical (unpaired) electrons. The van der Waals surface area contributed by atoms with Gasteiger partial charge < -0.3 is 10.1 Å². The highest BCUT2D eigenvalue weighted by Crippen LogP contribution is 2.23. The molecule has 4 heteroatoms. The normalized spacial score (nSPS) is 12.0. The summed E-state index contributed by atoms with van der Waals surface area (Å²) in [4.78, 5) is 24.4. The summed E-state index contributed by atoms with van der Waals surface area (Å²) < 4.78 is 5.22. The highest BCUT2D eigenvalue weighted by molar-refractivity contribution is 5.97. The summed E-state index contributed by atoms with van der Waals surface area (Å²) in [5, 5.41) is 2.92. The van der Waals surface area contributed by atoms with Crippen molar-refractivity contribution in [2.45, 2.75) is 39.7 Å². The number of rotatable bonds is 7. The van der Waals surface area contributed by atoms with E-state index in [2.05, 4.69) is 5.32 Å². The molecular weight excluding hydrogens is 326 g/mol. The molecule has 2 rings (SSSR count). The van der Waals surface area contributed by atoms with E-state index in [9.17, 15) is 9.59 Å². The van der Waals surface area contributed by atoms with E-state index in [1.54, 1.807) is 13.0 Å². The van der Waals surface area contributed by atoms with Gasteiger partial charge in [-0.15, -0.1) is 0 Å². The highest BCUT2D eigenvalue weighted by Gasteiger charge is 2.19. The van der Waals surface area contributed by atoms with Gasteiger partial charge >= 0.3 is 5.97 Å². The van der Waals surface area contributed by atoms with Gasteiger partial charge in [-0.2, -0.15) is 0 Å². The number of para-hydroxylation sites is 1. The summed E-state index contributed by atoms with van der Waals surface area (Å²) in [6.45, 7) is 5.66. The van der Waals surface area contributed by atoms with E-state index in [1.807, 2.05) is 62.4 Å². The molecule has 0 aliphatic heterocycles. The second-order valence-corrected chi connectivity index (χ2v) is 5.97. The molecule has 136 valence electrons. The molecule has 0 saturated heterocycles. The fraction of sp³-hybridized carbons (Fsp3) is 0.273. The molecule has 4 nitrogen and oxygen atoms in total. The Hall–Kier alpha value is -2.88. The van der Waals surface area contributed by atoms with Gasteiger partial charge in [-0.25, -0.2) is 4.79 Å². The number of amides is 1. The Morgan fingerprint density at radius 1 is 1.00 bits per heavy atom. The maximum atomic E-state index is 12.4. The molecule has 0 aromatic heterocycles. The van der Waals surface area contributed by atoms with Gasteiger partial charge in [0.15, 0.2) is 6.10 Å². The van der Waals surface area contributed by atoms with E-state index in [0.717, 1.165) is 35.2 Å². The standard InChI is InChI=1S/C22H25NO3/c1-4-18-12-9-13-19(5-2)21(18)23-22(25)16(3)26-20(24)15-14-17-10-7-6-8-11-17/h6-16H,4-5H2,1-3H3,(H,23,25)/b15-14+/t16-/m1/s1. The third kappa shape index (κ3) is 5.31. The molecule has 0 saturated carbocycles. The van der Waals surface area contributed by atoms with Crippen LogP contribution >= 0.6 is 0 Å². The van der Waals surface area contributed by atoms with Gasteiger partial charge in [-0.1, -0.05) is 62.4 Å². The Morgan fingerprint density at radius 3 is 2.19 bits per heavy atom. The van der Waals surface area contributed by atoms with Gasteiger partial charge in [0, 0.05) is 11.8 Å². The molecule has 0 heterocycles. The predicted octanol–water partition coefficient (Wildman–Crippen LogP) is 4.40. The van der Waals surface area contributed by atoms with Crippen molar-refractivity contribution in [3.63, 3.8) is 0 Å². The smallest absolute Gasteiger partial charge is 0.331 e. The zero-order valence-corrected chi connectivity index (χ0v) is 15.5. The molecule has 0 fully saturated rings. The fourth-order valence-electron chi connectivity index (χ4n) is 2.62. The van der Waals surface area contributed by atoms with Crippen LogP contribution in [0.25, 0.3) is 6.08 Å². The lowest BCUT2D eigenvalue weighted by Crippen LogP contribution is -2.30. The Labute approximate surface area is 154 Å². The van der Waals surface area contributed by atoms with E-state index >= 15 is 0 Å². The Bertz CT molecular complexity index is 759. The molecule has 0 aliphatic rings. The van der Waals surface area contributed by atoms with Crippen molar-refractivity contribution in [1.82, 2.24) is 0 Å². The number of esters is 1. The molecule has 0 aliphatic carbocycles. The van der Waals surface area contributed by atoms with Crippen molar-refractivity contribution < 1.29 is 14.3 Å². The van der Waals surface area contributed by atoms with Gasteiger partial charge in [0.05, 0.1) is 0 Å². The van der Waals surface area contributed by atoms with E-state index in [1.165, 1.54) is 6.08 Å². The lowest BCUT2D eigenvalue weighted by molar-refractivity contribution is -0.148. The maximum Gasteiger partial charge on any atom is 0.331 e. The molecule has 26 heavy (non-hydrogen) atoms. The Morgan fingerprint density at radius 2 is 1.62 bits per heavy atom. The second-order valence-electron chi connectivity index (χ2n) is 5.97. The summed E-state index contributed by atoms with van der Waals surface area (Å²) in [5.74, 6) is -0.877. The van der Waals surface area contributed by atoms with Crippen LogP contribution in [0.2, 0.25) is 0 Å². The quantitative estimate of drug-likeness (QED) is 0.594. The molecule has 1 atom stereocenters. The topological polar surface area (TPSA) is 55.4 Å². The number of benzene rings is 2. The van der Waals surface area contributed by atoms with Crippen LogP contribution in [0.5, 0.6) is 0 Å². The molecular formula is C22H25NO3.